The molecule has 0 atom stereocenters. The molecular formula is C18H19N3O3S. The number of nitrogens with zero attached hydrogens (tertiary/aromatic N) is 2. The predicted molar refractivity (Wildman–Crippen MR) is 94.5 cm³/mol. The van der Waals surface area contributed by atoms with Gasteiger partial charge in [0, 0.05) is 18.5 Å². The summed E-state index contributed by atoms with van der Waals surface area (Å²) in [5, 5.41) is 3.94. The zero-order valence-corrected chi connectivity index (χ0v) is 14.9. The molecule has 0 aliphatic heterocycles. The lowest BCUT2D eigenvalue weighted by atomic mass is 10.1. The van der Waals surface area contributed by atoms with Gasteiger partial charge in [0.1, 0.15) is 0 Å². The van der Waals surface area contributed by atoms with E-state index in [9.17, 15) is 8.42 Å². The minimum absolute atomic E-state index is 0.186. The predicted octanol–water partition coefficient (Wildman–Crippen LogP) is 2.87. The van der Waals surface area contributed by atoms with Crippen LogP contribution in [0.1, 0.15) is 17.0 Å². The molecule has 1 N–H and O–H groups in total. The van der Waals surface area contributed by atoms with Crippen LogP contribution < -0.4 is 4.72 Å². The third-order valence-electron chi connectivity index (χ3n) is 3.74. The van der Waals surface area contributed by atoms with Crippen LogP contribution in [0, 0.1) is 13.8 Å². The summed E-state index contributed by atoms with van der Waals surface area (Å²) in [5.41, 5.74) is 3.02. The van der Waals surface area contributed by atoms with Crippen molar-refractivity contribution in [3.63, 3.8) is 0 Å². The molecule has 25 heavy (non-hydrogen) atoms. The minimum atomic E-state index is -3.54. The molecule has 130 valence electrons. The number of aryl methyl sites for hydroxylation is 2. The highest BCUT2D eigenvalue weighted by atomic mass is 32.2. The van der Waals surface area contributed by atoms with E-state index in [1.807, 2.05) is 38.1 Å². The van der Waals surface area contributed by atoms with Crippen LogP contribution in [0.3, 0.4) is 0 Å². The van der Waals surface area contributed by atoms with Gasteiger partial charge in [-0.3, -0.25) is 0 Å². The van der Waals surface area contributed by atoms with Gasteiger partial charge in [-0.15, -0.1) is 0 Å². The molecule has 0 spiro atoms. The average molecular weight is 357 g/mol. The lowest BCUT2D eigenvalue weighted by molar-refractivity contribution is 0.379. The number of benzene rings is 2. The molecule has 6 nitrogen and oxygen atoms in total. The molecule has 0 radical (unpaired) electrons. The first-order valence-electron chi connectivity index (χ1n) is 7.90. The monoisotopic (exact) mass is 357 g/mol. The second-order valence-corrected chi connectivity index (χ2v) is 7.61. The van der Waals surface area contributed by atoms with Gasteiger partial charge >= 0.3 is 0 Å². The summed E-state index contributed by atoms with van der Waals surface area (Å²) >= 11 is 0. The fourth-order valence-corrected chi connectivity index (χ4v) is 3.30. The Labute approximate surface area is 147 Å². The van der Waals surface area contributed by atoms with Crippen LogP contribution in [0.5, 0.6) is 0 Å². The van der Waals surface area contributed by atoms with Gasteiger partial charge in [-0.25, -0.2) is 13.1 Å². The Morgan fingerprint density at radius 1 is 0.960 bits per heavy atom. The van der Waals surface area contributed by atoms with E-state index in [1.54, 1.807) is 24.3 Å². The van der Waals surface area contributed by atoms with Gasteiger partial charge in [-0.2, -0.15) is 4.98 Å². The van der Waals surface area contributed by atoms with E-state index in [0.29, 0.717) is 18.1 Å². The number of aromatic nitrogens is 2. The van der Waals surface area contributed by atoms with Gasteiger partial charge in [0.15, 0.2) is 0 Å². The number of sulfonamides is 1. The highest BCUT2D eigenvalue weighted by Crippen LogP contribution is 2.16. The first-order chi connectivity index (χ1) is 11.9. The normalized spacial score (nSPS) is 11.6. The third kappa shape index (κ3) is 4.32. The molecule has 3 rings (SSSR count). The second kappa shape index (κ2) is 7.16. The molecule has 0 aliphatic carbocycles. The number of hydrogen-bond acceptors (Lipinski definition) is 5. The summed E-state index contributed by atoms with van der Waals surface area (Å²) in [6.07, 6.45) is 0.323. The molecule has 3 aromatic rings. The number of hydrogen-bond donors (Lipinski definition) is 1. The zero-order valence-electron chi connectivity index (χ0n) is 14.1. The minimum Gasteiger partial charge on any atom is -0.339 e. The summed E-state index contributed by atoms with van der Waals surface area (Å²) in [6, 6.07) is 14.5. The Hall–Kier alpha value is -2.51. The highest BCUT2D eigenvalue weighted by molar-refractivity contribution is 7.89. The SMILES string of the molecule is Cc1ccc(-c2noc(CCNS(=O)(=O)c3ccc(C)cc3)n2)cc1. The van der Waals surface area contributed by atoms with Crippen molar-refractivity contribution < 1.29 is 12.9 Å². The molecule has 1 heterocycles. The van der Waals surface area contributed by atoms with Crippen molar-refractivity contribution in [3.8, 4) is 11.4 Å². The molecule has 7 heteroatoms. The Morgan fingerprint density at radius 2 is 1.56 bits per heavy atom. The molecule has 0 fully saturated rings. The third-order valence-corrected chi connectivity index (χ3v) is 5.22. The molecule has 0 bridgehead atoms. The summed E-state index contributed by atoms with van der Waals surface area (Å²) in [7, 11) is -3.54. The van der Waals surface area contributed by atoms with E-state index < -0.39 is 10.0 Å². The molecule has 0 aliphatic rings. The van der Waals surface area contributed by atoms with Crippen LogP contribution in [0.4, 0.5) is 0 Å². The van der Waals surface area contributed by atoms with Crippen molar-refractivity contribution in [2.45, 2.75) is 25.2 Å². The van der Waals surface area contributed by atoms with Crippen LogP contribution in [-0.2, 0) is 16.4 Å². The first kappa shape index (κ1) is 17.3. The molecule has 1 aromatic heterocycles. The summed E-state index contributed by atoms with van der Waals surface area (Å²) in [5.74, 6) is 0.888. The average Bonchev–Trinajstić information content (AvgIpc) is 3.04. The van der Waals surface area contributed by atoms with Gasteiger partial charge < -0.3 is 4.52 Å². The molecule has 0 saturated carbocycles. The first-order valence-corrected chi connectivity index (χ1v) is 9.38. The zero-order chi connectivity index (χ0) is 17.9. The van der Waals surface area contributed by atoms with Gasteiger partial charge in [-0.05, 0) is 26.0 Å². The molecular weight excluding hydrogens is 338 g/mol. The molecule has 0 unspecified atom stereocenters. The lowest BCUT2D eigenvalue weighted by Gasteiger charge is -2.05. The smallest absolute Gasteiger partial charge is 0.240 e. The van der Waals surface area contributed by atoms with Gasteiger partial charge in [0.2, 0.25) is 21.7 Å². The van der Waals surface area contributed by atoms with E-state index in [1.165, 1.54) is 0 Å². The van der Waals surface area contributed by atoms with Crippen molar-refractivity contribution in [1.29, 1.82) is 0 Å². The summed E-state index contributed by atoms with van der Waals surface area (Å²) in [6.45, 7) is 4.10. The summed E-state index contributed by atoms with van der Waals surface area (Å²) < 4.78 is 32.2. The molecule has 0 saturated heterocycles. The second-order valence-electron chi connectivity index (χ2n) is 5.84. The van der Waals surface area contributed by atoms with Gasteiger partial charge in [-0.1, -0.05) is 52.7 Å². The maximum atomic E-state index is 12.2. The Bertz CT molecular complexity index is 946. The maximum absolute atomic E-state index is 12.2. The molecule has 0 amide bonds. The van der Waals surface area contributed by atoms with Crippen molar-refractivity contribution >= 4 is 10.0 Å². The highest BCUT2D eigenvalue weighted by Gasteiger charge is 2.14. The van der Waals surface area contributed by atoms with Crippen LogP contribution in [0.25, 0.3) is 11.4 Å². The Balaban J connectivity index is 1.61. The topological polar surface area (TPSA) is 85.1 Å². The van der Waals surface area contributed by atoms with Crippen molar-refractivity contribution in [2.24, 2.45) is 0 Å². The lowest BCUT2D eigenvalue weighted by Crippen LogP contribution is -2.26. The van der Waals surface area contributed by atoms with E-state index in [0.717, 1.165) is 16.7 Å². The summed E-state index contributed by atoms with van der Waals surface area (Å²) in [4.78, 5) is 4.54. The van der Waals surface area contributed by atoms with Crippen molar-refractivity contribution in [3.05, 3.63) is 65.5 Å². The van der Waals surface area contributed by atoms with Crippen molar-refractivity contribution in [1.82, 2.24) is 14.9 Å². The van der Waals surface area contributed by atoms with Gasteiger partial charge in [0.25, 0.3) is 0 Å². The fourth-order valence-electron chi connectivity index (χ4n) is 2.27. The standard InChI is InChI=1S/C18H19N3O3S/c1-13-3-7-15(8-4-13)18-20-17(24-21-18)11-12-19-25(22,23)16-9-5-14(2)6-10-16/h3-10,19H,11-12H2,1-2H3. The van der Waals surface area contributed by atoms with Crippen molar-refractivity contribution in [2.75, 3.05) is 6.54 Å². The van der Waals surface area contributed by atoms with Crippen LogP contribution in [0.2, 0.25) is 0 Å². The van der Waals surface area contributed by atoms with Crippen LogP contribution in [-0.4, -0.2) is 25.1 Å². The fraction of sp³-hybridized carbons (Fsp3) is 0.222. The molecule has 2 aromatic carbocycles. The van der Waals surface area contributed by atoms with Gasteiger partial charge in [0.05, 0.1) is 4.90 Å². The Morgan fingerprint density at radius 3 is 2.20 bits per heavy atom. The van der Waals surface area contributed by atoms with E-state index >= 15 is 0 Å². The Kier molecular flexibility index (Phi) is 4.96. The van der Waals surface area contributed by atoms with E-state index in [4.69, 9.17) is 4.52 Å². The quantitative estimate of drug-likeness (QED) is 0.733. The number of nitrogens with one attached hydrogen (secondary N) is 1. The maximum Gasteiger partial charge on any atom is 0.240 e. The van der Waals surface area contributed by atoms with Crippen LogP contribution in [0.15, 0.2) is 57.9 Å². The largest absolute Gasteiger partial charge is 0.339 e. The number of rotatable bonds is 6. The van der Waals surface area contributed by atoms with Crippen LogP contribution >= 0.6 is 0 Å². The van der Waals surface area contributed by atoms with E-state index in [2.05, 4.69) is 14.9 Å². The van der Waals surface area contributed by atoms with E-state index in [-0.39, 0.29) is 11.4 Å².